The van der Waals surface area contributed by atoms with Gasteiger partial charge in [-0.2, -0.15) is 5.10 Å². The van der Waals surface area contributed by atoms with Crippen LogP contribution in [0.5, 0.6) is 0 Å². The van der Waals surface area contributed by atoms with E-state index >= 15 is 0 Å². The lowest BCUT2D eigenvalue weighted by atomic mass is 9.93. The van der Waals surface area contributed by atoms with Gasteiger partial charge >= 0.3 is 0 Å². The number of carbonyl (C=O) groups excluding carboxylic acids is 3. The molecule has 1 unspecified atom stereocenters. The molecule has 5 rings (SSSR count). The average molecular weight is 751 g/mol. The van der Waals surface area contributed by atoms with Crippen molar-refractivity contribution >= 4 is 58.4 Å². The molecule has 0 spiro atoms. The van der Waals surface area contributed by atoms with E-state index in [9.17, 15) is 19.5 Å². The maximum Gasteiger partial charge on any atom is 0.274 e. The van der Waals surface area contributed by atoms with Crippen molar-refractivity contribution in [2.45, 2.75) is 77.3 Å². The van der Waals surface area contributed by atoms with Crippen LogP contribution in [0.3, 0.4) is 0 Å². The molecule has 0 aliphatic carbocycles. The SMILES string of the molecule is CCCCN(CCCC)C(=O)c1cc(C)n(-c2ccc(NC(=O)CSc3cc(C)c(Cl)cc3Cl)cc2C(=O)N2Cc3ccccc3CC2CO)n1. The van der Waals surface area contributed by atoms with Gasteiger partial charge in [-0.05, 0) is 86.2 Å². The second kappa shape index (κ2) is 17.6. The Morgan fingerprint density at radius 2 is 1.67 bits per heavy atom. The third kappa shape index (κ3) is 9.16. The van der Waals surface area contributed by atoms with E-state index in [-0.39, 0.29) is 35.6 Å². The summed E-state index contributed by atoms with van der Waals surface area (Å²) in [6.07, 6.45) is 4.26. The van der Waals surface area contributed by atoms with Gasteiger partial charge in [0.05, 0.1) is 34.7 Å². The Labute approximate surface area is 314 Å². The zero-order chi connectivity index (χ0) is 36.7. The number of aryl methyl sites for hydroxylation is 2. The number of nitrogens with zero attached hydrogens (tertiary/aromatic N) is 4. The van der Waals surface area contributed by atoms with Crippen molar-refractivity contribution in [3.63, 3.8) is 0 Å². The maximum atomic E-state index is 14.6. The van der Waals surface area contributed by atoms with E-state index in [4.69, 9.17) is 28.3 Å². The monoisotopic (exact) mass is 749 g/mol. The fraction of sp³-hybridized carbons (Fsp3) is 0.385. The number of amides is 3. The summed E-state index contributed by atoms with van der Waals surface area (Å²) in [7, 11) is 0. The molecule has 0 saturated carbocycles. The lowest BCUT2D eigenvalue weighted by molar-refractivity contribution is -0.113. The molecule has 1 atom stereocenters. The largest absolute Gasteiger partial charge is 0.394 e. The Balaban J connectivity index is 1.48. The number of thioether (sulfide) groups is 1. The van der Waals surface area contributed by atoms with Crippen molar-refractivity contribution < 1.29 is 19.5 Å². The molecule has 4 aromatic rings. The van der Waals surface area contributed by atoms with Crippen LogP contribution < -0.4 is 5.32 Å². The number of aliphatic hydroxyl groups is 1. The molecular formula is C39H45Cl2N5O4S. The Hall–Kier alpha value is -3.83. The standard InChI is InChI=1S/C39H45Cl2N5O4S/c1-5-7-15-44(16-8-6-2)39(50)34-18-26(4)46(43-34)35-14-13-29(42-37(48)24-51-36-17-25(3)32(40)21-33(36)41)20-31(35)38(49)45-22-28-12-10-9-11-27(28)19-30(45)23-47/h9-14,17-18,20-21,30,47H,5-8,15-16,19,22-24H2,1-4H3,(H,42,48). The molecule has 1 aliphatic heterocycles. The highest BCUT2D eigenvalue weighted by Gasteiger charge is 2.32. The number of unbranched alkanes of at least 4 members (excludes halogenated alkanes) is 2. The van der Waals surface area contributed by atoms with E-state index in [0.717, 1.165) is 47.3 Å². The van der Waals surface area contributed by atoms with Gasteiger partial charge in [-0.3, -0.25) is 14.4 Å². The minimum atomic E-state index is -0.441. The maximum absolute atomic E-state index is 14.6. The first kappa shape index (κ1) is 38.4. The third-order valence-corrected chi connectivity index (χ3v) is 11.0. The Morgan fingerprint density at radius 1 is 0.961 bits per heavy atom. The van der Waals surface area contributed by atoms with Crippen molar-refractivity contribution in [1.82, 2.24) is 19.6 Å². The summed E-state index contributed by atoms with van der Waals surface area (Å²) in [6.45, 7) is 9.35. The molecular weight excluding hydrogens is 705 g/mol. The van der Waals surface area contributed by atoms with Crippen LogP contribution in [0.2, 0.25) is 10.0 Å². The van der Waals surface area contributed by atoms with Gasteiger partial charge < -0.3 is 20.2 Å². The quantitative estimate of drug-likeness (QED) is 0.126. The second-order valence-electron chi connectivity index (χ2n) is 12.9. The minimum Gasteiger partial charge on any atom is -0.394 e. The number of carbonyl (C=O) groups is 3. The molecule has 0 radical (unpaired) electrons. The topological polar surface area (TPSA) is 108 Å². The fourth-order valence-corrected chi connectivity index (χ4v) is 7.55. The summed E-state index contributed by atoms with van der Waals surface area (Å²) >= 11 is 13.8. The van der Waals surface area contributed by atoms with Crippen LogP contribution in [0, 0.1) is 13.8 Å². The van der Waals surface area contributed by atoms with E-state index in [1.165, 1.54) is 11.8 Å². The van der Waals surface area contributed by atoms with Gasteiger partial charge in [0.1, 0.15) is 0 Å². The molecule has 2 N–H and O–H groups in total. The number of aromatic nitrogens is 2. The third-order valence-electron chi connectivity index (χ3n) is 9.09. The fourth-order valence-electron chi connectivity index (χ4n) is 6.19. The zero-order valence-electron chi connectivity index (χ0n) is 29.5. The van der Waals surface area contributed by atoms with Crippen molar-refractivity contribution in [1.29, 1.82) is 0 Å². The predicted octanol–water partition coefficient (Wildman–Crippen LogP) is 8.13. The van der Waals surface area contributed by atoms with E-state index in [0.29, 0.717) is 58.9 Å². The van der Waals surface area contributed by atoms with Gasteiger partial charge in [0, 0.05) is 40.9 Å². The van der Waals surface area contributed by atoms with E-state index in [1.54, 1.807) is 39.9 Å². The lowest BCUT2D eigenvalue weighted by Gasteiger charge is -2.36. The number of hydrogen-bond donors (Lipinski definition) is 2. The number of aliphatic hydroxyl groups excluding tert-OH is 1. The molecule has 2 heterocycles. The van der Waals surface area contributed by atoms with Gasteiger partial charge in [0.15, 0.2) is 5.69 Å². The highest BCUT2D eigenvalue weighted by atomic mass is 35.5. The van der Waals surface area contributed by atoms with Gasteiger partial charge in [-0.15, -0.1) is 11.8 Å². The summed E-state index contributed by atoms with van der Waals surface area (Å²) in [5, 5.41) is 19.1. The lowest BCUT2D eigenvalue weighted by Crippen LogP contribution is -2.46. The van der Waals surface area contributed by atoms with Crippen LogP contribution in [-0.2, 0) is 17.8 Å². The molecule has 0 saturated heterocycles. The highest BCUT2D eigenvalue weighted by Crippen LogP contribution is 2.33. The van der Waals surface area contributed by atoms with Gasteiger partial charge in [0.2, 0.25) is 5.91 Å². The highest BCUT2D eigenvalue weighted by molar-refractivity contribution is 8.00. The number of nitrogens with one attached hydrogen (secondary N) is 1. The summed E-state index contributed by atoms with van der Waals surface area (Å²) in [5.74, 6) is -0.658. The normalized spacial score (nSPS) is 13.9. The van der Waals surface area contributed by atoms with Crippen LogP contribution in [0.4, 0.5) is 5.69 Å². The average Bonchev–Trinajstić information content (AvgIpc) is 3.52. The molecule has 12 heteroatoms. The van der Waals surface area contributed by atoms with Gasteiger partial charge in [0.25, 0.3) is 11.8 Å². The van der Waals surface area contributed by atoms with Crippen molar-refractivity contribution in [3.8, 4) is 5.69 Å². The first-order chi connectivity index (χ1) is 24.5. The van der Waals surface area contributed by atoms with Crippen molar-refractivity contribution in [2.24, 2.45) is 0 Å². The summed E-state index contributed by atoms with van der Waals surface area (Å²) in [6, 6.07) is 17.8. The van der Waals surface area contributed by atoms with Gasteiger partial charge in [-0.25, -0.2) is 4.68 Å². The number of rotatable bonds is 14. The van der Waals surface area contributed by atoms with Crippen LogP contribution in [0.1, 0.15) is 82.8 Å². The first-order valence-electron chi connectivity index (χ1n) is 17.4. The molecule has 9 nitrogen and oxygen atoms in total. The summed E-state index contributed by atoms with van der Waals surface area (Å²) in [4.78, 5) is 45.7. The number of halogens is 2. The molecule has 0 fully saturated rings. The zero-order valence-corrected chi connectivity index (χ0v) is 31.9. The molecule has 3 aromatic carbocycles. The second-order valence-corrected chi connectivity index (χ2v) is 14.8. The van der Waals surface area contributed by atoms with Crippen LogP contribution in [0.25, 0.3) is 5.69 Å². The minimum absolute atomic E-state index is 0.0810. The Kier molecular flexibility index (Phi) is 13.2. The summed E-state index contributed by atoms with van der Waals surface area (Å²) in [5.41, 5.74) is 5.14. The van der Waals surface area contributed by atoms with E-state index in [2.05, 4.69) is 19.2 Å². The predicted molar refractivity (Wildman–Crippen MR) is 205 cm³/mol. The smallest absolute Gasteiger partial charge is 0.274 e. The summed E-state index contributed by atoms with van der Waals surface area (Å²) < 4.78 is 1.62. The van der Waals surface area contributed by atoms with Crippen LogP contribution >= 0.6 is 35.0 Å². The Bertz CT molecular complexity index is 1890. The number of fused-ring (bicyclic) bond motifs is 1. The van der Waals surface area contributed by atoms with E-state index in [1.807, 2.05) is 49.1 Å². The molecule has 0 bridgehead atoms. The number of anilines is 1. The van der Waals surface area contributed by atoms with Crippen molar-refractivity contribution in [3.05, 3.63) is 104 Å². The molecule has 1 aromatic heterocycles. The molecule has 1 aliphatic rings. The van der Waals surface area contributed by atoms with Crippen LogP contribution in [-0.4, -0.2) is 73.9 Å². The first-order valence-corrected chi connectivity index (χ1v) is 19.2. The van der Waals surface area contributed by atoms with Gasteiger partial charge in [-0.1, -0.05) is 74.2 Å². The van der Waals surface area contributed by atoms with E-state index < -0.39 is 6.04 Å². The number of hydrogen-bond acceptors (Lipinski definition) is 6. The Morgan fingerprint density at radius 3 is 2.35 bits per heavy atom. The molecule has 51 heavy (non-hydrogen) atoms. The molecule has 3 amide bonds. The van der Waals surface area contributed by atoms with Crippen molar-refractivity contribution in [2.75, 3.05) is 30.8 Å². The molecule has 270 valence electrons. The van der Waals surface area contributed by atoms with Crippen LogP contribution in [0.15, 0.2) is 65.6 Å². The number of benzene rings is 3.